The number of halogens is 1. The van der Waals surface area contributed by atoms with Crippen LogP contribution in [0, 0.1) is 0 Å². The standard InChI is InChI=1S/C15H12BrNO3/c16-12-7-14-13(19-9-20-14)6-11(12)15(18)17-8-10-4-2-1-3-5-10/h1-7H,8-9H2,(H,17,18). The lowest BCUT2D eigenvalue weighted by molar-refractivity contribution is 0.0949. The second kappa shape index (κ2) is 5.54. The Kier molecular flexibility index (Phi) is 3.60. The molecule has 1 heterocycles. The molecule has 1 aliphatic heterocycles. The van der Waals surface area contributed by atoms with Crippen molar-refractivity contribution in [3.05, 3.63) is 58.1 Å². The number of carbonyl (C=O) groups is 1. The highest BCUT2D eigenvalue weighted by atomic mass is 79.9. The van der Waals surface area contributed by atoms with Gasteiger partial charge < -0.3 is 14.8 Å². The molecule has 0 saturated heterocycles. The van der Waals surface area contributed by atoms with Crippen LogP contribution in [-0.4, -0.2) is 12.7 Å². The Morgan fingerprint density at radius 2 is 1.85 bits per heavy atom. The number of hydrogen-bond donors (Lipinski definition) is 1. The molecule has 2 aromatic carbocycles. The number of nitrogens with one attached hydrogen (secondary N) is 1. The van der Waals surface area contributed by atoms with Gasteiger partial charge in [-0.2, -0.15) is 0 Å². The average molecular weight is 334 g/mol. The lowest BCUT2D eigenvalue weighted by Crippen LogP contribution is -2.23. The van der Waals surface area contributed by atoms with Crippen LogP contribution in [0.1, 0.15) is 15.9 Å². The first kappa shape index (κ1) is 13.0. The van der Waals surface area contributed by atoms with Gasteiger partial charge in [0.15, 0.2) is 11.5 Å². The number of fused-ring (bicyclic) bond motifs is 1. The zero-order valence-corrected chi connectivity index (χ0v) is 12.1. The fourth-order valence-electron chi connectivity index (χ4n) is 1.96. The minimum absolute atomic E-state index is 0.154. The minimum atomic E-state index is -0.154. The number of amides is 1. The summed E-state index contributed by atoms with van der Waals surface area (Å²) < 4.78 is 11.2. The highest BCUT2D eigenvalue weighted by molar-refractivity contribution is 9.10. The van der Waals surface area contributed by atoms with Gasteiger partial charge in [-0.3, -0.25) is 4.79 Å². The average Bonchev–Trinajstić information content (AvgIpc) is 2.92. The van der Waals surface area contributed by atoms with Crippen LogP contribution in [0.25, 0.3) is 0 Å². The molecule has 0 aromatic heterocycles. The Labute approximate surface area is 124 Å². The fraction of sp³-hybridized carbons (Fsp3) is 0.133. The third-order valence-electron chi connectivity index (χ3n) is 3.00. The summed E-state index contributed by atoms with van der Waals surface area (Å²) in [5, 5.41) is 2.88. The van der Waals surface area contributed by atoms with Crippen molar-refractivity contribution >= 4 is 21.8 Å². The highest BCUT2D eigenvalue weighted by Gasteiger charge is 2.19. The van der Waals surface area contributed by atoms with Crippen molar-refractivity contribution in [2.75, 3.05) is 6.79 Å². The highest BCUT2D eigenvalue weighted by Crippen LogP contribution is 2.36. The van der Waals surface area contributed by atoms with Gasteiger partial charge in [0.25, 0.3) is 5.91 Å². The van der Waals surface area contributed by atoms with Crippen molar-refractivity contribution in [3.63, 3.8) is 0 Å². The molecule has 5 heteroatoms. The van der Waals surface area contributed by atoms with E-state index in [1.165, 1.54) is 0 Å². The van der Waals surface area contributed by atoms with E-state index in [0.717, 1.165) is 5.56 Å². The van der Waals surface area contributed by atoms with Gasteiger partial charge in [-0.05, 0) is 33.6 Å². The van der Waals surface area contributed by atoms with Crippen LogP contribution in [0.3, 0.4) is 0 Å². The molecule has 1 amide bonds. The normalized spacial score (nSPS) is 12.2. The second-order valence-corrected chi connectivity index (χ2v) is 5.21. The first-order chi connectivity index (χ1) is 9.74. The van der Waals surface area contributed by atoms with Crippen LogP contribution in [0.15, 0.2) is 46.9 Å². The molecule has 0 fully saturated rings. The van der Waals surface area contributed by atoms with Crippen molar-refractivity contribution in [2.24, 2.45) is 0 Å². The second-order valence-electron chi connectivity index (χ2n) is 4.35. The first-order valence-electron chi connectivity index (χ1n) is 6.15. The van der Waals surface area contributed by atoms with E-state index < -0.39 is 0 Å². The van der Waals surface area contributed by atoms with Crippen LogP contribution in [0.5, 0.6) is 11.5 Å². The fourth-order valence-corrected chi connectivity index (χ4v) is 2.47. The SMILES string of the molecule is O=C(NCc1ccccc1)c1cc2c(cc1Br)OCO2. The molecule has 2 aromatic rings. The largest absolute Gasteiger partial charge is 0.454 e. The molecule has 1 aliphatic rings. The molecule has 102 valence electrons. The summed E-state index contributed by atoms with van der Waals surface area (Å²) >= 11 is 3.38. The Bertz CT molecular complexity index is 643. The van der Waals surface area contributed by atoms with E-state index in [0.29, 0.717) is 28.1 Å². The predicted molar refractivity (Wildman–Crippen MR) is 77.9 cm³/mol. The summed E-state index contributed by atoms with van der Waals surface area (Å²) in [4.78, 5) is 12.2. The van der Waals surface area contributed by atoms with Crippen LogP contribution < -0.4 is 14.8 Å². The third-order valence-corrected chi connectivity index (χ3v) is 3.66. The number of ether oxygens (including phenoxy) is 2. The van der Waals surface area contributed by atoms with Gasteiger partial charge in [0.1, 0.15) is 0 Å². The molecular weight excluding hydrogens is 322 g/mol. The van der Waals surface area contributed by atoms with E-state index in [9.17, 15) is 4.79 Å². The Balaban J connectivity index is 1.74. The van der Waals surface area contributed by atoms with Gasteiger partial charge >= 0.3 is 0 Å². The molecule has 0 aliphatic carbocycles. The van der Waals surface area contributed by atoms with Crippen LogP contribution in [-0.2, 0) is 6.54 Å². The number of hydrogen-bond acceptors (Lipinski definition) is 3. The van der Waals surface area contributed by atoms with E-state index in [2.05, 4.69) is 21.2 Å². The first-order valence-corrected chi connectivity index (χ1v) is 6.94. The maximum atomic E-state index is 12.2. The monoisotopic (exact) mass is 333 g/mol. The van der Waals surface area contributed by atoms with Crippen molar-refractivity contribution in [2.45, 2.75) is 6.54 Å². The van der Waals surface area contributed by atoms with E-state index >= 15 is 0 Å². The lowest BCUT2D eigenvalue weighted by atomic mass is 10.1. The van der Waals surface area contributed by atoms with Gasteiger partial charge in [0.2, 0.25) is 6.79 Å². The molecule has 0 saturated carbocycles. The van der Waals surface area contributed by atoms with Crippen LogP contribution in [0.4, 0.5) is 0 Å². The summed E-state index contributed by atoms with van der Waals surface area (Å²) in [5.41, 5.74) is 1.59. The molecular formula is C15H12BrNO3. The van der Waals surface area contributed by atoms with Gasteiger partial charge in [-0.15, -0.1) is 0 Å². The van der Waals surface area contributed by atoms with Gasteiger partial charge in [0.05, 0.1) is 5.56 Å². The van der Waals surface area contributed by atoms with Crippen LogP contribution >= 0.6 is 15.9 Å². The Morgan fingerprint density at radius 1 is 1.15 bits per heavy atom. The summed E-state index contributed by atoms with van der Waals surface area (Å²) in [5.74, 6) is 1.09. The molecule has 1 N–H and O–H groups in total. The molecule has 0 unspecified atom stereocenters. The van der Waals surface area contributed by atoms with E-state index in [-0.39, 0.29) is 12.7 Å². The zero-order chi connectivity index (χ0) is 13.9. The third kappa shape index (κ3) is 2.63. The smallest absolute Gasteiger partial charge is 0.252 e. The number of rotatable bonds is 3. The van der Waals surface area contributed by atoms with Crippen molar-refractivity contribution < 1.29 is 14.3 Å². The summed E-state index contributed by atoms with van der Waals surface area (Å²) in [6, 6.07) is 13.2. The van der Waals surface area contributed by atoms with Crippen molar-refractivity contribution in [1.82, 2.24) is 5.32 Å². The maximum Gasteiger partial charge on any atom is 0.252 e. The minimum Gasteiger partial charge on any atom is -0.454 e. The van der Waals surface area contributed by atoms with Crippen molar-refractivity contribution in [3.8, 4) is 11.5 Å². The Morgan fingerprint density at radius 3 is 2.60 bits per heavy atom. The number of carbonyl (C=O) groups excluding carboxylic acids is 1. The molecule has 0 spiro atoms. The Hall–Kier alpha value is -2.01. The summed E-state index contributed by atoms with van der Waals surface area (Å²) in [6.45, 7) is 0.678. The summed E-state index contributed by atoms with van der Waals surface area (Å²) in [6.07, 6.45) is 0. The molecule has 0 atom stereocenters. The van der Waals surface area contributed by atoms with E-state index in [4.69, 9.17) is 9.47 Å². The van der Waals surface area contributed by atoms with Gasteiger partial charge in [-0.25, -0.2) is 0 Å². The molecule has 0 radical (unpaired) electrons. The number of benzene rings is 2. The molecule has 0 bridgehead atoms. The van der Waals surface area contributed by atoms with E-state index in [1.54, 1.807) is 12.1 Å². The van der Waals surface area contributed by atoms with Gasteiger partial charge in [0, 0.05) is 11.0 Å². The quantitative estimate of drug-likeness (QED) is 0.938. The molecule has 4 nitrogen and oxygen atoms in total. The van der Waals surface area contributed by atoms with Crippen molar-refractivity contribution in [1.29, 1.82) is 0 Å². The topological polar surface area (TPSA) is 47.6 Å². The summed E-state index contributed by atoms with van der Waals surface area (Å²) in [7, 11) is 0. The van der Waals surface area contributed by atoms with Crippen LogP contribution in [0.2, 0.25) is 0 Å². The predicted octanol–water partition coefficient (Wildman–Crippen LogP) is 3.11. The lowest BCUT2D eigenvalue weighted by Gasteiger charge is -2.08. The maximum absolute atomic E-state index is 12.2. The molecule has 3 rings (SSSR count). The van der Waals surface area contributed by atoms with Gasteiger partial charge in [-0.1, -0.05) is 30.3 Å². The molecule has 20 heavy (non-hydrogen) atoms. The zero-order valence-electron chi connectivity index (χ0n) is 10.6. The van der Waals surface area contributed by atoms with E-state index in [1.807, 2.05) is 30.3 Å².